The Labute approximate surface area is 290 Å². The third-order valence-electron chi connectivity index (χ3n) is 8.48. The van der Waals surface area contributed by atoms with Gasteiger partial charge in [-0.2, -0.15) is 5.10 Å². The quantitative estimate of drug-likeness (QED) is 0.0649. The Morgan fingerprint density at radius 1 is 0.640 bits per heavy atom. The average molecular weight is 675 g/mol. The van der Waals surface area contributed by atoms with E-state index in [-0.39, 0.29) is 18.6 Å². The molecule has 0 spiro atoms. The topological polar surface area (TPSA) is 135 Å². The molecule has 0 aliphatic carbocycles. The number of fused-ring (bicyclic) bond motifs is 2. The number of nitrogens with one attached hydrogen (secondary N) is 4. The van der Waals surface area contributed by atoms with E-state index in [1.165, 1.54) is 0 Å². The van der Waals surface area contributed by atoms with Crippen LogP contribution in [0.3, 0.4) is 0 Å². The molecule has 6 rings (SSSR count). The van der Waals surface area contributed by atoms with Gasteiger partial charge < -0.3 is 30.7 Å². The third-order valence-corrected chi connectivity index (χ3v) is 8.48. The maximum Gasteiger partial charge on any atom is 0.407 e. The highest BCUT2D eigenvalue weighted by molar-refractivity contribution is 6.08. The summed E-state index contributed by atoms with van der Waals surface area (Å²) < 4.78 is 12.4. The number of nitrogens with zero attached hydrogens (tertiary/aromatic N) is 2. The van der Waals surface area contributed by atoms with E-state index in [4.69, 9.17) is 14.6 Å². The number of pyridine rings is 1. The summed E-state index contributed by atoms with van der Waals surface area (Å²) >= 11 is 0. The lowest BCUT2D eigenvalue weighted by Gasteiger charge is -2.12. The number of hydrogen-bond donors (Lipinski definition) is 4. The minimum absolute atomic E-state index is 0.0294. The third kappa shape index (κ3) is 8.66. The number of aromatic nitrogens is 2. The Balaban J connectivity index is 0.996. The van der Waals surface area contributed by atoms with E-state index in [0.29, 0.717) is 37.0 Å². The highest BCUT2D eigenvalue weighted by Gasteiger charge is 2.19. The molecule has 0 aliphatic heterocycles. The summed E-state index contributed by atoms with van der Waals surface area (Å²) in [6, 6.07) is 30.7. The number of carbonyl (C=O) groups excluding carboxylic acids is 2. The fourth-order valence-corrected chi connectivity index (χ4v) is 5.92. The van der Waals surface area contributed by atoms with E-state index < -0.39 is 12.2 Å². The molecule has 258 valence electrons. The molecule has 0 saturated heterocycles. The zero-order valence-corrected chi connectivity index (χ0v) is 28.0. The van der Waals surface area contributed by atoms with Crippen LogP contribution >= 0.6 is 0 Å². The molecule has 0 saturated carbocycles. The summed E-state index contributed by atoms with van der Waals surface area (Å²) in [7, 11) is 0. The van der Waals surface area contributed by atoms with Gasteiger partial charge in [0.2, 0.25) is 0 Å². The van der Waals surface area contributed by atoms with Crippen molar-refractivity contribution >= 4 is 45.1 Å². The monoisotopic (exact) mass is 674 g/mol. The number of hydrogen-bond acceptors (Lipinski definition) is 8. The van der Waals surface area contributed by atoms with E-state index >= 15 is 0 Å². The Bertz CT molecular complexity index is 2070. The molecule has 0 radical (unpaired) electrons. The molecule has 50 heavy (non-hydrogen) atoms. The standard InChI is InChI=1S/C39H42N6O5/c46-37-31-17-7-8-18-34(31)45-36-30(33(44-45)25-40-21-9-10-23-42-38(47)49-26-28-13-3-1-4-14-28)19-20-32(35(36)37)41-22-11-12-24-43-39(48)50-27-29-15-5-2-6-16-29/h1-8,13-20,40-41H,9-12,21-27H2,(H,42,47)(H,43,48). The van der Waals surface area contributed by atoms with E-state index in [0.717, 1.165) is 71.2 Å². The number of amides is 2. The molecule has 2 aromatic heterocycles. The number of para-hydroxylation sites is 1. The number of carbonyl (C=O) groups is 2. The van der Waals surface area contributed by atoms with Crippen LogP contribution in [0.4, 0.5) is 15.3 Å². The Hall–Kier alpha value is -5.68. The van der Waals surface area contributed by atoms with Gasteiger partial charge >= 0.3 is 12.2 Å². The molecule has 0 aliphatic rings. The van der Waals surface area contributed by atoms with Crippen molar-refractivity contribution in [3.05, 3.63) is 124 Å². The first-order chi connectivity index (χ1) is 24.6. The van der Waals surface area contributed by atoms with Crippen molar-refractivity contribution in [3.63, 3.8) is 0 Å². The molecular formula is C39H42N6O5. The van der Waals surface area contributed by atoms with Crippen LogP contribution in [0, 0.1) is 0 Å². The van der Waals surface area contributed by atoms with Crippen molar-refractivity contribution in [3.8, 4) is 0 Å². The van der Waals surface area contributed by atoms with Gasteiger partial charge in [0.15, 0.2) is 5.43 Å². The van der Waals surface area contributed by atoms with Crippen LogP contribution in [0.5, 0.6) is 0 Å². The van der Waals surface area contributed by atoms with Crippen LogP contribution in [0.1, 0.15) is 42.5 Å². The summed E-state index contributed by atoms with van der Waals surface area (Å²) in [5.74, 6) is 0. The second-order valence-corrected chi connectivity index (χ2v) is 12.1. The fraction of sp³-hybridized carbons (Fsp3) is 0.282. The SMILES string of the molecule is O=C(NCCCCNCc1nn2c3ccccc3c(=O)c3c(NCCCCNC(=O)OCc4ccccc4)ccc1c32)OCc1ccccc1. The van der Waals surface area contributed by atoms with Gasteiger partial charge in [-0.3, -0.25) is 4.79 Å². The van der Waals surface area contributed by atoms with Gasteiger partial charge in [-0.15, -0.1) is 0 Å². The number of rotatable bonds is 17. The summed E-state index contributed by atoms with van der Waals surface area (Å²) in [6.45, 7) is 3.43. The van der Waals surface area contributed by atoms with Crippen LogP contribution in [0.2, 0.25) is 0 Å². The van der Waals surface area contributed by atoms with Crippen molar-refractivity contribution in [2.24, 2.45) is 0 Å². The Morgan fingerprint density at radius 3 is 1.88 bits per heavy atom. The Morgan fingerprint density at radius 2 is 1.22 bits per heavy atom. The molecule has 4 aromatic carbocycles. The molecule has 6 aromatic rings. The second kappa shape index (κ2) is 17.1. The maximum atomic E-state index is 13.8. The molecule has 0 bridgehead atoms. The highest BCUT2D eigenvalue weighted by atomic mass is 16.6. The van der Waals surface area contributed by atoms with Crippen molar-refractivity contribution < 1.29 is 19.1 Å². The second-order valence-electron chi connectivity index (χ2n) is 12.1. The van der Waals surface area contributed by atoms with E-state index in [1.54, 1.807) is 0 Å². The number of unbranched alkanes of at least 4 members (excludes halogenated alkanes) is 2. The summed E-state index contributed by atoms with van der Waals surface area (Å²) in [6.07, 6.45) is 2.36. The van der Waals surface area contributed by atoms with Crippen molar-refractivity contribution in [2.75, 3.05) is 31.5 Å². The summed E-state index contributed by atoms with van der Waals surface area (Å²) in [5.41, 5.74) is 5.07. The van der Waals surface area contributed by atoms with Crippen LogP contribution in [0.25, 0.3) is 27.2 Å². The number of anilines is 1. The van der Waals surface area contributed by atoms with Crippen molar-refractivity contribution in [2.45, 2.75) is 45.4 Å². The van der Waals surface area contributed by atoms with E-state index in [1.807, 2.05) is 102 Å². The van der Waals surface area contributed by atoms with E-state index in [9.17, 15) is 14.4 Å². The predicted molar refractivity (Wildman–Crippen MR) is 196 cm³/mol. The van der Waals surface area contributed by atoms with Gasteiger partial charge in [-0.1, -0.05) is 72.8 Å². The largest absolute Gasteiger partial charge is 0.445 e. The lowest BCUT2D eigenvalue weighted by atomic mass is 10.0. The van der Waals surface area contributed by atoms with Crippen molar-refractivity contribution in [1.82, 2.24) is 25.6 Å². The lowest BCUT2D eigenvalue weighted by molar-refractivity contribution is 0.138. The minimum atomic E-state index is -0.437. The molecule has 4 N–H and O–H groups in total. The maximum absolute atomic E-state index is 13.8. The van der Waals surface area contributed by atoms with Gasteiger partial charge in [0.05, 0.1) is 22.1 Å². The zero-order valence-electron chi connectivity index (χ0n) is 28.0. The van der Waals surface area contributed by atoms with Gasteiger partial charge in [-0.25, -0.2) is 14.1 Å². The molecule has 2 heterocycles. The highest BCUT2D eigenvalue weighted by Crippen LogP contribution is 2.31. The normalized spacial score (nSPS) is 11.2. The van der Waals surface area contributed by atoms with Crippen LogP contribution < -0.4 is 26.7 Å². The molecule has 0 unspecified atom stereocenters. The van der Waals surface area contributed by atoms with Gasteiger partial charge in [-0.05, 0) is 67.6 Å². The number of alkyl carbamates (subject to hydrolysis) is 2. The molecule has 11 nitrogen and oxygen atoms in total. The average Bonchev–Trinajstić information content (AvgIpc) is 3.52. The lowest BCUT2D eigenvalue weighted by Crippen LogP contribution is -2.26. The fourth-order valence-electron chi connectivity index (χ4n) is 5.92. The smallest absolute Gasteiger partial charge is 0.407 e. The molecule has 2 amide bonds. The first-order valence-corrected chi connectivity index (χ1v) is 17.1. The molecular weight excluding hydrogens is 632 g/mol. The van der Waals surface area contributed by atoms with Gasteiger partial charge in [0, 0.05) is 42.6 Å². The number of benzene rings is 4. The van der Waals surface area contributed by atoms with Gasteiger partial charge in [0.1, 0.15) is 13.2 Å². The Kier molecular flexibility index (Phi) is 11.7. The first-order valence-electron chi connectivity index (χ1n) is 17.1. The number of ether oxygens (including phenoxy) is 2. The van der Waals surface area contributed by atoms with Gasteiger partial charge in [0.25, 0.3) is 0 Å². The molecule has 11 heteroatoms. The van der Waals surface area contributed by atoms with Crippen molar-refractivity contribution in [1.29, 1.82) is 0 Å². The van der Waals surface area contributed by atoms with Crippen LogP contribution in [-0.4, -0.2) is 48.0 Å². The first kappa shape index (κ1) is 34.2. The van der Waals surface area contributed by atoms with Crippen LogP contribution in [-0.2, 0) is 29.2 Å². The molecule has 0 atom stereocenters. The summed E-state index contributed by atoms with van der Waals surface area (Å²) in [5, 5.41) is 19.7. The molecule has 0 fully saturated rings. The van der Waals surface area contributed by atoms with E-state index in [2.05, 4.69) is 21.3 Å². The zero-order chi connectivity index (χ0) is 34.5. The minimum Gasteiger partial charge on any atom is -0.445 e. The predicted octanol–water partition coefficient (Wildman–Crippen LogP) is 6.35. The summed E-state index contributed by atoms with van der Waals surface area (Å²) in [4.78, 5) is 37.9. The van der Waals surface area contributed by atoms with Crippen LogP contribution in [0.15, 0.2) is 102 Å².